The van der Waals surface area contributed by atoms with Gasteiger partial charge in [-0.1, -0.05) is 55.4 Å². The molecule has 0 aromatic heterocycles. The fraction of sp³-hybridized carbons (Fsp3) is 0.884. The largest absolute Gasteiger partial charge is 0.481 e. The number of aliphatic carboxylic acids is 1. The lowest BCUT2D eigenvalue weighted by Gasteiger charge is -2.47. The van der Waals surface area contributed by atoms with Gasteiger partial charge in [0, 0.05) is 18.3 Å². The molecule has 5 heterocycles. The molecule has 2 unspecified atom stereocenters. The molecule has 0 amide bonds. The second-order valence-corrected chi connectivity index (χ2v) is 18.8. The molecule has 6 rings (SSSR count). The van der Waals surface area contributed by atoms with Crippen LogP contribution in [-0.2, 0) is 38.1 Å². The lowest BCUT2D eigenvalue weighted by Crippen LogP contribution is -2.57. The number of carboxylic acid groups (broad SMARTS) is 1. The van der Waals surface area contributed by atoms with Gasteiger partial charge in [0.05, 0.1) is 59.2 Å². The van der Waals surface area contributed by atoms with E-state index < -0.39 is 70.7 Å². The molecular weight excluding hydrogens is 692 g/mol. The maximum atomic E-state index is 14.8. The summed E-state index contributed by atoms with van der Waals surface area (Å²) in [5.74, 6) is -4.33. The average Bonchev–Trinajstić information content (AvgIpc) is 3.72. The number of rotatable bonds is 11. The Morgan fingerprint density at radius 3 is 2.24 bits per heavy atom. The third-order valence-electron chi connectivity index (χ3n) is 15.2. The van der Waals surface area contributed by atoms with Crippen LogP contribution in [0.2, 0.25) is 0 Å². The molecule has 1 aliphatic carbocycles. The van der Waals surface area contributed by atoms with Gasteiger partial charge in [0.25, 0.3) is 0 Å². The second kappa shape index (κ2) is 15.2. The van der Waals surface area contributed by atoms with Crippen LogP contribution in [0.3, 0.4) is 0 Å². The van der Waals surface area contributed by atoms with E-state index in [2.05, 4.69) is 27.7 Å². The van der Waals surface area contributed by atoms with Crippen molar-refractivity contribution in [3.63, 3.8) is 0 Å². The zero-order valence-electron chi connectivity index (χ0n) is 34.3. The van der Waals surface area contributed by atoms with E-state index in [9.17, 15) is 29.7 Å². The van der Waals surface area contributed by atoms with E-state index in [1.54, 1.807) is 13.0 Å². The van der Waals surface area contributed by atoms with Gasteiger partial charge in [-0.3, -0.25) is 14.4 Å². The molecule has 11 heteroatoms. The summed E-state index contributed by atoms with van der Waals surface area (Å²) in [5.41, 5.74) is -1.77. The molecule has 306 valence electrons. The van der Waals surface area contributed by atoms with Crippen LogP contribution in [0.15, 0.2) is 11.6 Å². The maximum Gasteiger partial charge on any atom is 0.309 e. The monoisotopic (exact) mass is 760 g/mol. The highest BCUT2D eigenvalue weighted by Gasteiger charge is 2.67. The summed E-state index contributed by atoms with van der Waals surface area (Å²) in [6, 6.07) is 0. The van der Waals surface area contributed by atoms with Gasteiger partial charge in [-0.15, -0.1) is 0 Å². The molecule has 4 saturated heterocycles. The number of ketones is 2. The smallest absolute Gasteiger partial charge is 0.309 e. The van der Waals surface area contributed by atoms with Crippen molar-refractivity contribution >= 4 is 17.5 Å². The van der Waals surface area contributed by atoms with Crippen LogP contribution in [0.1, 0.15) is 133 Å². The summed E-state index contributed by atoms with van der Waals surface area (Å²) < 4.78 is 33.2. The van der Waals surface area contributed by atoms with Crippen LogP contribution >= 0.6 is 0 Å². The number of hydrogen-bond donors (Lipinski definition) is 3. The summed E-state index contributed by atoms with van der Waals surface area (Å²) in [7, 11) is 0. The quantitative estimate of drug-likeness (QED) is 0.214. The van der Waals surface area contributed by atoms with Gasteiger partial charge in [-0.2, -0.15) is 0 Å². The number of fused-ring (bicyclic) bond motifs is 1. The fourth-order valence-electron chi connectivity index (χ4n) is 11.2. The van der Waals surface area contributed by atoms with Gasteiger partial charge in [-0.25, -0.2) is 0 Å². The van der Waals surface area contributed by atoms with E-state index in [-0.39, 0.29) is 53.6 Å². The van der Waals surface area contributed by atoms with Crippen molar-refractivity contribution in [3.8, 4) is 0 Å². The van der Waals surface area contributed by atoms with Crippen LogP contribution in [0.5, 0.6) is 0 Å². The molecule has 54 heavy (non-hydrogen) atoms. The Balaban J connectivity index is 1.19. The van der Waals surface area contributed by atoms with Crippen molar-refractivity contribution in [2.24, 2.45) is 46.8 Å². The molecule has 1 saturated carbocycles. The minimum absolute atomic E-state index is 0.0239. The molecule has 0 aromatic carbocycles. The molecule has 0 bridgehead atoms. The highest BCUT2D eigenvalue weighted by atomic mass is 16.8. The van der Waals surface area contributed by atoms with Crippen molar-refractivity contribution in [2.75, 3.05) is 0 Å². The third kappa shape index (κ3) is 7.08. The van der Waals surface area contributed by atoms with Crippen LogP contribution in [-0.4, -0.2) is 92.8 Å². The van der Waals surface area contributed by atoms with Crippen molar-refractivity contribution in [2.45, 2.75) is 193 Å². The van der Waals surface area contributed by atoms with E-state index in [0.29, 0.717) is 57.8 Å². The van der Waals surface area contributed by atoms with E-state index in [4.69, 9.17) is 23.7 Å². The van der Waals surface area contributed by atoms with Crippen LogP contribution in [0.4, 0.5) is 0 Å². The zero-order chi connectivity index (χ0) is 39.7. The van der Waals surface area contributed by atoms with Gasteiger partial charge in [0.15, 0.2) is 6.29 Å². The lowest BCUT2D eigenvalue weighted by atomic mass is 9.73. The van der Waals surface area contributed by atoms with Crippen LogP contribution in [0.25, 0.3) is 0 Å². The van der Waals surface area contributed by atoms with E-state index in [1.165, 1.54) is 0 Å². The molecule has 3 N–H and O–H groups in total. The molecule has 5 aliphatic heterocycles. The Bertz CT molecular complexity index is 1460. The predicted octanol–water partition coefficient (Wildman–Crippen LogP) is 6.40. The first kappa shape index (κ1) is 41.9. The van der Waals surface area contributed by atoms with Gasteiger partial charge >= 0.3 is 5.97 Å². The first-order valence-corrected chi connectivity index (χ1v) is 21.0. The van der Waals surface area contributed by atoms with Gasteiger partial charge in [0.2, 0.25) is 11.6 Å². The van der Waals surface area contributed by atoms with E-state index in [0.717, 1.165) is 12.0 Å². The predicted molar refractivity (Wildman–Crippen MR) is 200 cm³/mol. The van der Waals surface area contributed by atoms with E-state index in [1.807, 2.05) is 34.6 Å². The number of ether oxygens (including phenoxy) is 5. The number of aliphatic hydroxyl groups is 2. The van der Waals surface area contributed by atoms with Gasteiger partial charge in [-0.05, 0) is 107 Å². The normalized spacial score (nSPS) is 47.6. The SMILES string of the molecule is CCC(C(=O)O)[C@H]1CC[C@H](C)[C@H]([C@@H](C)[C@H](O)[C@H](C)C(=O)C2([C@H]3O[C@H]4O[C@@]5(CC[C@@](C)([C@H]6CC[C@](O)(CC)[C@H](C)O6)O5)C(=O)C=C4[C@H](C)C[C@@H]3C)C[C@@H]2C)O1. The van der Waals surface area contributed by atoms with Gasteiger partial charge < -0.3 is 39.0 Å². The number of Topliss-reactive ketones (excluding diaryl/α,β-unsaturated/α-hetero) is 1. The summed E-state index contributed by atoms with van der Waals surface area (Å²) in [6.07, 6.45) is 3.68. The minimum atomic E-state index is -1.54. The summed E-state index contributed by atoms with van der Waals surface area (Å²) in [6.45, 7) is 19.7. The van der Waals surface area contributed by atoms with Crippen LogP contribution in [0, 0.1) is 46.8 Å². The summed E-state index contributed by atoms with van der Waals surface area (Å²) in [5, 5.41) is 32.7. The molecule has 18 atom stereocenters. The van der Waals surface area contributed by atoms with Crippen molar-refractivity contribution in [1.29, 1.82) is 0 Å². The van der Waals surface area contributed by atoms with Crippen LogP contribution < -0.4 is 0 Å². The molecule has 0 aromatic rings. The Kier molecular flexibility index (Phi) is 11.8. The number of carboxylic acids is 1. The van der Waals surface area contributed by atoms with Crippen molar-refractivity contribution in [3.05, 3.63) is 11.6 Å². The van der Waals surface area contributed by atoms with Crippen molar-refractivity contribution in [1.82, 2.24) is 0 Å². The summed E-state index contributed by atoms with van der Waals surface area (Å²) in [4.78, 5) is 40.7. The standard InChI is InChI=1S/C43H68O11/c1-11-29(38(47)48)31-14-13-22(3)35(51-31)26(7)34(45)27(8)36(46)42(21-25(42)6)37-24(5)19-23(4)30-20-32(44)43(53-39(30)52-37)18-17-40(10,54-43)33-15-16-41(49,12-2)28(9)50-33/h20,22-29,31,33-35,37,39,45,49H,11-19,21H2,1-10H3,(H,47,48)/t22-,23+,24-,25-,26-,27-,28-,29?,31+,33+,34-,35+,37-,39-,40-,41+,42?,43+/m0/s1. The molecule has 11 nitrogen and oxygen atoms in total. The third-order valence-corrected chi connectivity index (χ3v) is 15.2. The average molecular weight is 761 g/mol. The first-order chi connectivity index (χ1) is 25.3. The maximum absolute atomic E-state index is 14.8. The van der Waals surface area contributed by atoms with Gasteiger partial charge in [0.1, 0.15) is 5.78 Å². The molecular formula is C43H68O11. The Morgan fingerprint density at radius 1 is 0.963 bits per heavy atom. The number of aliphatic hydroxyl groups excluding tert-OH is 1. The second-order valence-electron chi connectivity index (χ2n) is 18.8. The summed E-state index contributed by atoms with van der Waals surface area (Å²) >= 11 is 0. The lowest BCUT2D eigenvalue weighted by molar-refractivity contribution is -0.318. The first-order valence-electron chi connectivity index (χ1n) is 21.0. The molecule has 5 fully saturated rings. The molecule has 6 aliphatic rings. The Hall–Kier alpha value is -1.73. The number of carbonyl (C=O) groups excluding carboxylic acids is 2. The topological polar surface area (TPSA) is 158 Å². The number of hydrogen-bond acceptors (Lipinski definition) is 10. The minimum Gasteiger partial charge on any atom is -0.481 e. The fourth-order valence-corrected chi connectivity index (χ4v) is 11.2. The Labute approximate surface area is 322 Å². The Morgan fingerprint density at radius 2 is 1.65 bits per heavy atom. The highest BCUT2D eigenvalue weighted by molar-refractivity contribution is 5.97. The van der Waals surface area contributed by atoms with E-state index >= 15 is 0 Å². The number of carbonyl (C=O) groups is 3. The van der Waals surface area contributed by atoms with Crippen molar-refractivity contribution < 1.29 is 53.4 Å². The highest BCUT2D eigenvalue weighted by Crippen LogP contribution is 2.62. The zero-order valence-corrected chi connectivity index (χ0v) is 34.3. The molecule has 1 spiro atoms. The molecule has 0 radical (unpaired) electrons.